The predicted molar refractivity (Wildman–Crippen MR) is 110 cm³/mol. The van der Waals surface area contributed by atoms with E-state index < -0.39 is 0 Å². The summed E-state index contributed by atoms with van der Waals surface area (Å²) in [5.74, 6) is 0. The summed E-state index contributed by atoms with van der Waals surface area (Å²) < 4.78 is 0. The van der Waals surface area contributed by atoms with Gasteiger partial charge in [-0.2, -0.15) is 0 Å². The first kappa shape index (κ1) is 22.4. The van der Waals surface area contributed by atoms with Crippen LogP contribution in [0.3, 0.4) is 0 Å². The number of hydrogen-bond donors (Lipinski definition) is 6. The maximum absolute atomic E-state index is 10.4. The lowest BCUT2D eigenvalue weighted by atomic mass is 9.95. The van der Waals surface area contributed by atoms with Gasteiger partial charge in [0.05, 0.1) is 12.1 Å². The average molecular weight is 401 g/mol. The third-order valence-corrected chi connectivity index (χ3v) is 7.50. The highest BCUT2D eigenvalue weighted by Gasteiger charge is 2.28. The second-order valence-corrected chi connectivity index (χ2v) is 9.95. The fourth-order valence-corrected chi connectivity index (χ4v) is 5.64. The van der Waals surface area contributed by atoms with Gasteiger partial charge in [0.15, 0.2) is 12.2 Å². The Morgan fingerprint density at radius 1 is 0.607 bits per heavy atom. The molecule has 0 bridgehead atoms. The second kappa shape index (κ2) is 12.5. The Morgan fingerprint density at radius 2 is 0.964 bits per heavy atom. The maximum Gasteiger partial charge on any atom is 0.151 e. The number of nitrogens with two attached hydrogens (primary N) is 2. The van der Waals surface area contributed by atoms with Crippen molar-refractivity contribution >= 4 is 0 Å². The van der Waals surface area contributed by atoms with Crippen LogP contribution in [0.1, 0.15) is 64.2 Å². The van der Waals surface area contributed by atoms with Gasteiger partial charge in [-0.3, -0.25) is 0 Å². The molecule has 0 aromatic rings. The molecule has 2 aliphatic carbocycles. The van der Waals surface area contributed by atoms with E-state index in [4.69, 9.17) is 0 Å². The lowest BCUT2D eigenvalue weighted by Crippen LogP contribution is -3.29. The van der Waals surface area contributed by atoms with Gasteiger partial charge >= 0.3 is 0 Å². The largest absolute Gasteiger partial charge is 0.382 e. The highest BCUT2D eigenvalue weighted by Crippen LogP contribution is 2.15. The van der Waals surface area contributed by atoms with Crippen molar-refractivity contribution in [3.63, 3.8) is 0 Å². The van der Waals surface area contributed by atoms with E-state index in [0.717, 1.165) is 64.4 Å². The van der Waals surface area contributed by atoms with Gasteiger partial charge in [-0.1, -0.05) is 12.8 Å². The van der Waals surface area contributed by atoms with E-state index in [9.17, 15) is 10.2 Å². The molecule has 1 heterocycles. The third kappa shape index (κ3) is 8.25. The first-order valence-corrected chi connectivity index (χ1v) is 12.4. The van der Waals surface area contributed by atoms with Gasteiger partial charge in [-0.25, -0.2) is 0 Å². The normalized spacial score (nSPS) is 30.2. The van der Waals surface area contributed by atoms with Crippen LogP contribution in [0.25, 0.3) is 0 Å². The van der Waals surface area contributed by atoms with Crippen LogP contribution in [0, 0.1) is 0 Å². The summed E-state index contributed by atoms with van der Waals surface area (Å²) >= 11 is 0. The van der Waals surface area contributed by atoms with Crippen molar-refractivity contribution in [3.8, 4) is 0 Å². The quantitative estimate of drug-likeness (QED) is 0.228. The molecule has 164 valence electrons. The summed E-state index contributed by atoms with van der Waals surface area (Å²) in [4.78, 5) is 3.10. The van der Waals surface area contributed by atoms with Crippen LogP contribution >= 0.6 is 0 Å². The Morgan fingerprint density at radius 3 is 1.32 bits per heavy atom. The van der Waals surface area contributed by atoms with Crippen LogP contribution in [0.5, 0.6) is 0 Å². The van der Waals surface area contributed by atoms with Crippen LogP contribution in [-0.4, -0.2) is 86.9 Å². The monoisotopic (exact) mass is 400 g/mol. The first-order valence-electron chi connectivity index (χ1n) is 12.4. The zero-order valence-electron chi connectivity index (χ0n) is 18.1. The van der Waals surface area contributed by atoms with Crippen molar-refractivity contribution in [2.45, 2.75) is 88.5 Å². The molecule has 8 N–H and O–H groups in total. The molecule has 2 atom stereocenters. The van der Waals surface area contributed by atoms with E-state index >= 15 is 0 Å². The van der Waals surface area contributed by atoms with Crippen molar-refractivity contribution in [1.82, 2.24) is 0 Å². The summed E-state index contributed by atoms with van der Waals surface area (Å²) in [7, 11) is 0. The Labute approximate surface area is 172 Å². The van der Waals surface area contributed by atoms with Crippen LogP contribution < -0.4 is 20.4 Å². The summed E-state index contributed by atoms with van der Waals surface area (Å²) in [5.41, 5.74) is 0. The van der Waals surface area contributed by atoms with E-state index in [2.05, 4.69) is 10.6 Å². The predicted octanol–water partition coefficient (Wildman–Crippen LogP) is -3.72. The fraction of sp³-hybridized carbons (Fsp3) is 1.00. The van der Waals surface area contributed by atoms with Gasteiger partial charge in [-0.15, -0.1) is 0 Å². The van der Waals surface area contributed by atoms with Gasteiger partial charge in [0.25, 0.3) is 0 Å². The molecule has 0 aromatic carbocycles. The van der Waals surface area contributed by atoms with Crippen molar-refractivity contribution in [2.24, 2.45) is 0 Å². The maximum atomic E-state index is 10.4. The molecule has 1 aliphatic heterocycles. The number of quaternary nitrogens is 4. The molecule has 2 saturated carbocycles. The minimum Gasteiger partial charge on any atom is -0.382 e. The average Bonchev–Trinajstić information content (AvgIpc) is 2.74. The SMILES string of the molecule is O[C@H](C[NH2+]C1CCCCC1)C[NH+]1CC[NH+](C[C@H](O)C[NH2+]C2CCCCC2)CC1. The Balaban J connectivity index is 1.23. The Hall–Kier alpha value is -0.240. The third-order valence-electron chi connectivity index (χ3n) is 7.50. The molecular formula is C22H48N4O2+4. The molecule has 3 rings (SSSR count). The Kier molecular flexibility index (Phi) is 9.98. The zero-order valence-corrected chi connectivity index (χ0v) is 18.1. The molecule has 0 amide bonds. The first-order chi connectivity index (χ1) is 13.7. The second-order valence-electron chi connectivity index (χ2n) is 9.95. The molecule has 0 unspecified atom stereocenters. The van der Waals surface area contributed by atoms with Crippen LogP contribution in [0.4, 0.5) is 0 Å². The standard InChI is InChI=1S/C22H44N4O2/c27-21(15-23-19-7-3-1-4-8-19)17-25-11-13-26(14-12-25)18-22(28)16-24-20-9-5-2-6-10-20/h19-24,27-28H,1-18H2/p+4/t21-,22-/m1/s1. The molecule has 0 aromatic heterocycles. The van der Waals surface area contributed by atoms with E-state index in [-0.39, 0.29) is 12.2 Å². The molecule has 3 aliphatic rings. The van der Waals surface area contributed by atoms with E-state index in [1.807, 2.05) is 0 Å². The summed E-state index contributed by atoms with van der Waals surface area (Å²) in [5, 5.41) is 25.7. The van der Waals surface area contributed by atoms with E-state index in [1.165, 1.54) is 64.2 Å². The number of piperazine rings is 1. The molecule has 0 radical (unpaired) electrons. The molecule has 1 saturated heterocycles. The van der Waals surface area contributed by atoms with Crippen molar-refractivity contribution in [1.29, 1.82) is 0 Å². The smallest absolute Gasteiger partial charge is 0.151 e. The van der Waals surface area contributed by atoms with Crippen LogP contribution in [0.2, 0.25) is 0 Å². The number of aliphatic hydroxyl groups is 2. The highest BCUT2D eigenvalue weighted by atomic mass is 16.3. The number of nitrogens with one attached hydrogen (secondary N) is 2. The topological polar surface area (TPSA) is 82.6 Å². The minimum absolute atomic E-state index is 0.172. The highest BCUT2D eigenvalue weighted by molar-refractivity contribution is 4.64. The number of aliphatic hydroxyl groups excluding tert-OH is 2. The Bertz CT molecular complexity index is 367. The van der Waals surface area contributed by atoms with E-state index in [0.29, 0.717) is 0 Å². The minimum atomic E-state index is -0.172. The summed E-state index contributed by atoms with van der Waals surface area (Å²) in [6, 6.07) is 1.51. The van der Waals surface area contributed by atoms with Crippen molar-refractivity contribution < 1.29 is 30.6 Å². The summed E-state index contributed by atoms with van der Waals surface area (Å²) in [6.07, 6.45) is 13.3. The molecule has 3 fully saturated rings. The van der Waals surface area contributed by atoms with Gasteiger partial charge in [0.2, 0.25) is 0 Å². The van der Waals surface area contributed by atoms with Gasteiger partial charge in [0.1, 0.15) is 52.4 Å². The van der Waals surface area contributed by atoms with E-state index in [1.54, 1.807) is 9.80 Å². The lowest BCUT2D eigenvalue weighted by molar-refractivity contribution is -1.02. The molecule has 0 spiro atoms. The van der Waals surface area contributed by atoms with Gasteiger partial charge < -0.3 is 30.6 Å². The van der Waals surface area contributed by atoms with Crippen LogP contribution in [-0.2, 0) is 0 Å². The van der Waals surface area contributed by atoms with Crippen molar-refractivity contribution in [3.05, 3.63) is 0 Å². The molecule has 6 nitrogen and oxygen atoms in total. The number of rotatable bonds is 10. The fourth-order valence-electron chi connectivity index (χ4n) is 5.64. The molecular weight excluding hydrogens is 352 g/mol. The number of hydrogen-bond acceptors (Lipinski definition) is 2. The molecule has 6 heteroatoms. The molecule has 28 heavy (non-hydrogen) atoms. The summed E-state index contributed by atoms with van der Waals surface area (Å²) in [6.45, 7) is 8.08. The van der Waals surface area contributed by atoms with Crippen molar-refractivity contribution in [2.75, 3.05) is 52.4 Å². The lowest BCUT2D eigenvalue weighted by Gasteiger charge is -2.31. The van der Waals surface area contributed by atoms with Gasteiger partial charge in [0, 0.05) is 0 Å². The van der Waals surface area contributed by atoms with Crippen LogP contribution in [0.15, 0.2) is 0 Å². The zero-order chi connectivity index (χ0) is 19.6. The van der Waals surface area contributed by atoms with Gasteiger partial charge in [-0.05, 0) is 51.4 Å².